The minimum Gasteiger partial charge on any atom is -0.457 e. The highest BCUT2D eigenvalue weighted by atomic mass is 16.5. The lowest BCUT2D eigenvalue weighted by Gasteiger charge is -2.31. The van der Waals surface area contributed by atoms with E-state index in [1.807, 2.05) is 30.3 Å². The molecular weight excluding hydrogens is 370 g/mol. The molecule has 0 spiro atoms. The Kier molecular flexibility index (Phi) is 5.51. The Labute approximate surface area is 167 Å². The highest BCUT2D eigenvalue weighted by Gasteiger charge is 2.29. The fourth-order valence-electron chi connectivity index (χ4n) is 3.36. The number of hydrogen-bond donors (Lipinski definition) is 2. The van der Waals surface area contributed by atoms with E-state index in [-0.39, 0.29) is 5.92 Å². The third-order valence-electron chi connectivity index (χ3n) is 4.81. The average molecular weight is 391 g/mol. The minimum absolute atomic E-state index is 0.0671. The third-order valence-corrected chi connectivity index (χ3v) is 4.81. The number of benzene rings is 2. The number of piperidine rings is 1. The van der Waals surface area contributed by atoms with Crippen LogP contribution in [0, 0.1) is 0 Å². The average Bonchev–Trinajstić information content (AvgIpc) is 3.30. The number of amides is 2. The zero-order valence-corrected chi connectivity index (χ0v) is 15.7. The van der Waals surface area contributed by atoms with Crippen LogP contribution in [0.5, 0.6) is 11.5 Å². The third kappa shape index (κ3) is 4.60. The molecule has 1 aliphatic rings. The number of hydrogen-bond acceptors (Lipinski definition) is 5. The van der Waals surface area contributed by atoms with Crippen LogP contribution in [0.3, 0.4) is 0 Å². The molecule has 2 heterocycles. The van der Waals surface area contributed by atoms with Crippen molar-refractivity contribution in [2.75, 3.05) is 18.4 Å². The number of likely N-dealkylation sites (tertiary alicyclic amines) is 1. The second kappa shape index (κ2) is 8.55. The second-order valence-corrected chi connectivity index (χ2v) is 6.85. The molecule has 1 aromatic heterocycles. The number of rotatable bonds is 4. The van der Waals surface area contributed by atoms with Crippen molar-refractivity contribution in [1.29, 1.82) is 0 Å². The van der Waals surface area contributed by atoms with Crippen molar-refractivity contribution in [3.05, 3.63) is 66.7 Å². The van der Waals surface area contributed by atoms with E-state index in [4.69, 9.17) is 4.74 Å². The molecule has 2 N–H and O–H groups in total. The van der Waals surface area contributed by atoms with Crippen LogP contribution in [-0.2, 0) is 9.59 Å². The van der Waals surface area contributed by atoms with E-state index in [0.717, 1.165) is 24.4 Å². The molecule has 0 saturated carbocycles. The predicted octanol–water partition coefficient (Wildman–Crippen LogP) is 2.94. The molecular formula is C21H21N5O3. The van der Waals surface area contributed by atoms with Crippen LogP contribution in [0.2, 0.25) is 0 Å². The first-order chi connectivity index (χ1) is 14.2. The highest BCUT2D eigenvalue weighted by Crippen LogP contribution is 2.25. The standard InChI is InChI=1S/C21H21N5O3/c27-20(21(28)26-12-4-5-15(13-26)19-22-14-23-25-19)24-16-8-10-18(11-9-16)29-17-6-2-1-3-7-17/h1-3,6-11,14-15H,4-5,12-13H2,(H,24,27)(H,22,23,25)/t15-/m0/s1. The molecule has 1 saturated heterocycles. The van der Waals surface area contributed by atoms with Crippen molar-refractivity contribution in [3.8, 4) is 11.5 Å². The molecule has 0 unspecified atom stereocenters. The van der Waals surface area contributed by atoms with E-state index in [2.05, 4.69) is 20.5 Å². The Balaban J connectivity index is 1.34. The lowest BCUT2D eigenvalue weighted by molar-refractivity contribution is -0.144. The van der Waals surface area contributed by atoms with Gasteiger partial charge in [-0.25, -0.2) is 4.98 Å². The quantitative estimate of drug-likeness (QED) is 0.666. The molecule has 1 aliphatic heterocycles. The van der Waals surface area contributed by atoms with Crippen LogP contribution in [0.4, 0.5) is 5.69 Å². The van der Waals surface area contributed by atoms with Gasteiger partial charge in [-0.2, -0.15) is 5.10 Å². The van der Waals surface area contributed by atoms with Gasteiger partial charge in [0.05, 0.1) is 0 Å². The minimum atomic E-state index is -0.653. The Morgan fingerprint density at radius 1 is 1.07 bits per heavy atom. The van der Waals surface area contributed by atoms with Gasteiger partial charge in [-0.1, -0.05) is 18.2 Å². The number of anilines is 1. The smallest absolute Gasteiger partial charge is 0.313 e. The highest BCUT2D eigenvalue weighted by molar-refractivity contribution is 6.39. The maximum atomic E-state index is 12.6. The van der Waals surface area contributed by atoms with Gasteiger partial charge in [0.1, 0.15) is 23.7 Å². The number of nitrogens with zero attached hydrogens (tertiary/aromatic N) is 3. The van der Waals surface area contributed by atoms with E-state index in [1.165, 1.54) is 6.33 Å². The maximum absolute atomic E-state index is 12.6. The number of aromatic nitrogens is 3. The molecule has 3 aromatic rings. The van der Waals surface area contributed by atoms with Crippen molar-refractivity contribution in [2.24, 2.45) is 0 Å². The molecule has 0 aliphatic carbocycles. The van der Waals surface area contributed by atoms with Crippen LogP contribution in [0.1, 0.15) is 24.6 Å². The second-order valence-electron chi connectivity index (χ2n) is 6.85. The zero-order valence-electron chi connectivity index (χ0n) is 15.7. The van der Waals surface area contributed by atoms with E-state index >= 15 is 0 Å². The summed E-state index contributed by atoms with van der Waals surface area (Å²) >= 11 is 0. The molecule has 2 amide bonds. The number of nitrogens with one attached hydrogen (secondary N) is 2. The number of H-pyrrole nitrogens is 1. The summed E-state index contributed by atoms with van der Waals surface area (Å²) in [7, 11) is 0. The normalized spacial score (nSPS) is 16.3. The van der Waals surface area contributed by atoms with E-state index in [1.54, 1.807) is 29.2 Å². The fraction of sp³-hybridized carbons (Fsp3) is 0.238. The predicted molar refractivity (Wildman–Crippen MR) is 107 cm³/mol. The number of carbonyl (C=O) groups is 2. The number of para-hydroxylation sites is 1. The van der Waals surface area contributed by atoms with E-state index < -0.39 is 11.8 Å². The SMILES string of the molecule is O=C(Nc1ccc(Oc2ccccc2)cc1)C(=O)N1CCC[C@H](c2ncn[nH]2)C1. The topological polar surface area (TPSA) is 100 Å². The van der Waals surface area contributed by atoms with Crippen molar-refractivity contribution in [1.82, 2.24) is 20.1 Å². The van der Waals surface area contributed by atoms with Gasteiger partial charge in [0.15, 0.2) is 0 Å². The van der Waals surface area contributed by atoms with Gasteiger partial charge in [0, 0.05) is 24.7 Å². The molecule has 8 heteroatoms. The monoisotopic (exact) mass is 391 g/mol. The first-order valence-corrected chi connectivity index (χ1v) is 9.47. The summed E-state index contributed by atoms with van der Waals surface area (Å²) in [6.45, 7) is 1.01. The lowest BCUT2D eigenvalue weighted by Crippen LogP contribution is -2.44. The van der Waals surface area contributed by atoms with Gasteiger partial charge in [0.25, 0.3) is 0 Å². The summed E-state index contributed by atoms with van der Waals surface area (Å²) < 4.78 is 5.73. The Morgan fingerprint density at radius 2 is 1.83 bits per heavy atom. The molecule has 0 radical (unpaired) electrons. The Morgan fingerprint density at radius 3 is 2.55 bits per heavy atom. The molecule has 29 heavy (non-hydrogen) atoms. The van der Waals surface area contributed by atoms with Crippen LogP contribution in [-0.4, -0.2) is 45.0 Å². The number of carbonyl (C=O) groups excluding carboxylic acids is 2. The summed E-state index contributed by atoms with van der Waals surface area (Å²) in [5.74, 6) is 0.991. The molecule has 4 rings (SSSR count). The molecule has 8 nitrogen and oxygen atoms in total. The van der Waals surface area contributed by atoms with Crippen LogP contribution >= 0.6 is 0 Å². The zero-order chi connectivity index (χ0) is 20.1. The number of aromatic amines is 1. The van der Waals surface area contributed by atoms with Crippen LogP contribution < -0.4 is 10.1 Å². The van der Waals surface area contributed by atoms with Gasteiger partial charge in [-0.15, -0.1) is 0 Å². The van der Waals surface area contributed by atoms with E-state index in [9.17, 15) is 9.59 Å². The van der Waals surface area contributed by atoms with Crippen molar-refractivity contribution in [3.63, 3.8) is 0 Å². The van der Waals surface area contributed by atoms with Crippen molar-refractivity contribution >= 4 is 17.5 Å². The summed E-state index contributed by atoms with van der Waals surface area (Å²) in [4.78, 5) is 30.7. The van der Waals surface area contributed by atoms with Gasteiger partial charge in [-0.05, 0) is 49.2 Å². The summed E-state index contributed by atoms with van der Waals surface area (Å²) in [5, 5.41) is 9.37. The van der Waals surface area contributed by atoms with Crippen molar-refractivity contribution < 1.29 is 14.3 Å². The molecule has 1 atom stereocenters. The largest absolute Gasteiger partial charge is 0.457 e. The van der Waals surface area contributed by atoms with Crippen LogP contribution in [0.25, 0.3) is 0 Å². The molecule has 1 fully saturated rings. The first kappa shape index (κ1) is 18.7. The lowest BCUT2D eigenvalue weighted by atomic mass is 9.97. The fourth-order valence-corrected chi connectivity index (χ4v) is 3.36. The van der Waals surface area contributed by atoms with Gasteiger partial charge in [0.2, 0.25) is 0 Å². The molecule has 0 bridgehead atoms. The van der Waals surface area contributed by atoms with Gasteiger partial charge < -0.3 is 15.0 Å². The van der Waals surface area contributed by atoms with Crippen molar-refractivity contribution in [2.45, 2.75) is 18.8 Å². The Bertz CT molecular complexity index is 958. The summed E-state index contributed by atoms with van der Waals surface area (Å²) in [6.07, 6.45) is 3.17. The maximum Gasteiger partial charge on any atom is 0.313 e. The first-order valence-electron chi connectivity index (χ1n) is 9.47. The number of ether oxygens (including phenoxy) is 1. The van der Waals surface area contributed by atoms with Gasteiger partial charge >= 0.3 is 11.8 Å². The van der Waals surface area contributed by atoms with Crippen LogP contribution in [0.15, 0.2) is 60.9 Å². The Hall–Kier alpha value is -3.68. The summed E-state index contributed by atoms with van der Waals surface area (Å²) in [5.41, 5.74) is 0.535. The molecule has 148 valence electrons. The van der Waals surface area contributed by atoms with E-state index in [0.29, 0.717) is 24.5 Å². The molecule has 2 aromatic carbocycles. The van der Waals surface area contributed by atoms with Gasteiger partial charge in [-0.3, -0.25) is 14.7 Å². The summed E-state index contributed by atoms with van der Waals surface area (Å²) in [6, 6.07) is 16.3.